The number of rotatable bonds is 5. The number of aryl methyl sites for hydroxylation is 1. The van der Waals surface area contributed by atoms with Crippen LogP contribution >= 0.6 is 0 Å². The molecule has 2 unspecified atom stereocenters. The molecule has 1 aromatic heterocycles. The third-order valence-electron chi connectivity index (χ3n) is 3.93. The van der Waals surface area contributed by atoms with E-state index in [0.29, 0.717) is 12.5 Å². The lowest BCUT2D eigenvalue weighted by atomic mass is 10.1. The van der Waals surface area contributed by atoms with Crippen molar-refractivity contribution in [2.75, 3.05) is 20.7 Å². The predicted molar refractivity (Wildman–Crippen MR) is 74.5 cm³/mol. The molecule has 1 aliphatic carbocycles. The summed E-state index contributed by atoms with van der Waals surface area (Å²) in [6.07, 6.45) is 2.91. The van der Waals surface area contributed by atoms with Crippen LogP contribution in [0.4, 0.5) is 0 Å². The van der Waals surface area contributed by atoms with Crippen LogP contribution in [0.15, 0.2) is 10.5 Å². The summed E-state index contributed by atoms with van der Waals surface area (Å²) < 4.78 is 10.2. The fourth-order valence-electron chi connectivity index (χ4n) is 2.88. The van der Waals surface area contributed by atoms with Gasteiger partial charge in [0.25, 0.3) is 0 Å². The first-order valence-corrected chi connectivity index (χ1v) is 7.05. The topological polar surface area (TPSA) is 62.9 Å². The van der Waals surface area contributed by atoms with Crippen molar-refractivity contribution in [2.24, 2.45) is 5.92 Å². The molecule has 0 amide bonds. The lowest BCUT2D eigenvalue weighted by Gasteiger charge is -2.22. The Hall–Kier alpha value is -1.33. The molecule has 0 spiro atoms. The Bertz CT molecular complexity index is 468. The summed E-state index contributed by atoms with van der Waals surface area (Å²) in [5.74, 6) is 0.924. The molecule has 2 rings (SSSR count). The molecule has 1 aromatic rings. The van der Waals surface area contributed by atoms with Gasteiger partial charge in [-0.25, -0.2) is 4.79 Å². The lowest BCUT2D eigenvalue weighted by molar-refractivity contribution is 0.0559. The first kappa shape index (κ1) is 15.1. The zero-order valence-corrected chi connectivity index (χ0v) is 12.4. The SMILES string of the molecule is COC(=O)c1oc(CN(C)CC2CCCC2O)cc1C. The van der Waals surface area contributed by atoms with Gasteiger partial charge >= 0.3 is 5.97 Å². The summed E-state index contributed by atoms with van der Waals surface area (Å²) in [6.45, 7) is 3.30. The smallest absolute Gasteiger partial charge is 0.374 e. The molecule has 5 heteroatoms. The average molecular weight is 281 g/mol. The lowest BCUT2D eigenvalue weighted by Crippen LogP contribution is -2.29. The van der Waals surface area contributed by atoms with Gasteiger partial charge < -0.3 is 14.3 Å². The molecule has 1 fully saturated rings. The maximum absolute atomic E-state index is 11.5. The highest BCUT2D eigenvalue weighted by molar-refractivity contribution is 5.87. The van der Waals surface area contributed by atoms with E-state index in [-0.39, 0.29) is 11.9 Å². The first-order valence-electron chi connectivity index (χ1n) is 7.05. The van der Waals surface area contributed by atoms with Crippen LogP contribution in [0.3, 0.4) is 0 Å². The van der Waals surface area contributed by atoms with Crippen LogP contribution in [-0.4, -0.2) is 42.8 Å². The van der Waals surface area contributed by atoms with E-state index in [1.54, 1.807) is 0 Å². The van der Waals surface area contributed by atoms with Crippen molar-refractivity contribution in [1.29, 1.82) is 0 Å². The number of esters is 1. The number of hydrogen-bond donors (Lipinski definition) is 1. The van der Waals surface area contributed by atoms with E-state index >= 15 is 0 Å². The van der Waals surface area contributed by atoms with Gasteiger partial charge in [0.15, 0.2) is 0 Å². The van der Waals surface area contributed by atoms with E-state index in [1.165, 1.54) is 7.11 Å². The van der Waals surface area contributed by atoms with Crippen molar-refractivity contribution >= 4 is 5.97 Å². The highest BCUT2D eigenvalue weighted by Gasteiger charge is 2.26. The second kappa shape index (κ2) is 6.41. The molecule has 5 nitrogen and oxygen atoms in total. The summed E-state index contributed by atoms with van der Waals surface area (Å²) in [5, 5.41) is 9.85. The van der Waals surface area contributed by atoms with Gasteiger partial charge in [0, 0.05) is 12.1 Å². The van der Waals surface area contributed by atoms with Gasteiger partial charge in [0.2, 0.25) is 5.76 Å². The Morgan fingerprint density at radius 3 is 2.90 bits per heavy atom. The minimum absolute atomic E-state index is 0.179. The van der Waals surface area contributed by atoms with Gasteiger partial charge in [-0.1, -0.05) is 6.42 Å². The van der Waals surface area contributed by atoms with Gasteiger partial charge in [0.1, 0.15) is 5.76 Å². The molecular weight excluding hydrogens is 258 g/mol. The van der Waals surface area contributed by atoms with Crippen LogP contribution < -0.4 is 0 Å². The molecule has 0 aromatic carbocycles. The second-order valence-electron chi connectivity index (χ2n) is 5.67. The van der Waals surface area contributed by atoms with Crippen LogP contribution in [0.2, 0.25) is 0 Å². The summed E-state index contributed by atoms with van der Waals surface area (Å²) in [6, 6.07) is 1.87. The summed E-state index contributed by atoms with van der Waals surface area (Å²) >= 11 is 0. The number of carbonyl (C=O) groups excluding carboxylic acids is 1. The van der Waals surface area contributed by atoms with E-state index in [0.717, 1.165) is 37.1 Å². The molecule has 1 heterocycles. The summed E-state index contributed by atoms with van der Waals surface area (Å²) in [5.41, 5.74) is 0.793. The Balaban J connectivity index is 1.94. The zero-order chi connectivity index (χ0) is 14.7. The van der Waals surface area contributed by atoms with E-state index in [2.05, 4.69) is 9.64 Å². The summed E-state index contributed by atoms with van der Waals surface area (Å²) in [4.78, 5) is 13.6. The Kier molecular flexibility index (Phi) is 4.83. The van der Waals surface area contributed by atoms with E-state index < -0.39 is 5.97 Å². The number of carbonyl (C=O) groups is 1. The average Bonchev–Trinajstić information content (AvgIpc) is 2.95. The van der Waals surface area contributed by atoms with Gasteiger partial charge in [-0.2, -0.15) is 0 Å². The van der Waals surface area contributed by atoms with Crippen molar-refractivity contribution in [3.8, 4) is 0 Å². The number of aliphatic hydroxyl groups excluding tert-OH is 1. The number of methoxy groups -OCH3 is 1. The molecule has 20 heavy (non-hydrogen) atoms. The van der Waals surface area contributed by atoms with Gasteiger partial charge in [-0.15, -0.1) is 0 Å². The number of hydrogen-bond acceptors (Lipinski definition) is 5. The number of nitrogens with zero attached hydrogens (tertiary/aromatic N) is 1. The second-order valence-corrected chi connectivity index (χ2v) is 5.67. The fourth-order valence-corrected chi connectivity index (χ4v) is 2.88. The molecular formula is C15H23NO4. The molecule has 1 aliphatic rings. The van der Waals surface area contributed by atoms with Crippen LogP contribution in [-0.2, 0) is 11.3 Å². The maximum atomic E-state index is 11.5. The molecule has 0 aliphatic heterocycles. The van der Waals surface area contributed by atoms with E-state index in [1.807, 2.05) is 20.0 Å². The quantitative estimate of drug-likeness (QED) is 0.836. The Morgan fingerprint density at radius 2 is 2.30 bits per heavy atom. The highest BCUT2D eigenvalue weighted by atomic mass is 16.5. The van der Waals surface area contributed by atoms with Crippen molar-refractivity contribution in [2.45, 2.75) is 38.8 Å². The van der Waals surface area contributed by atoms with Gasteiger partial charge in [0.05, 0.1) is 19.8 Å². The normalized spacial score (nSPS) is 22.4. The summed E-state index contributed by atoms with van der Waals surface area (Å²) in [7, 11) is 3.35. The molecule has 1 saturated carbocycles. The van der Waals surface area contributed by atoms with E-state index in [9.17, 15) is 9.90 Å². The van der Waals surface area contributed by atoms with Crippen molar-refractivity contribution in [3.05, 3.63) is 23.2 Å². The van der Waals surface area contributed by atoms with Crippen molar-refractivity contribution in [1.82, 2.24) is 4.90 Å². The number of aliphatic hydroxyl groups is 1. The third-order valence-corrected chi connectivity index (χ3v) is 3.93. The number of furan rings is 1. The molecule has 112 valence electrons. The molecule has 0 radical (unpaired) electrons. The largest absolute Gasteiger partial charge is 0.463 e. The third kappa shape index (κ3) is 3.41. The van der Waals surface area contributed by atoms with Crippen molar-refractivity contribution < 1.29 is 19.1 Å². The minimum Gasteiger partial charge on any atom is -0.463 e. The maximum Gasteiger partial charge on any atom is 0.374 e. The fraction of sp³-hybridized carbons (Fsp3) is 0.667. The molecule has 0 bridgehead atoms. The zero-order valence-electron chi connectivity index (χ0n) is 12.4. The highest BCUT2D eigenvalue weighted by Crippen LogP contribution is 2.26. The van der Waals surface area contributed by atoms with Crippen LogP contribution in [0.5, 0.6) is 0 Å². The van der Waals surface area contributed by atoms with Crippen LogP contribution in [0.1, 0.15) is 41.1 Å². The van der Waals surface area contributed by atoms with Gasteiger partial charge in [-0.05, 0) is 38.8 Å². The Morgan fingerprint density at radius 1 is 1.55 bits per heavy atom. The molecule has 2 atom stereocenters. The molecule has 0 saturated heterocycles. The Labute approximate surface area is 119 Å². The standard InChI is InChI=1S/C15H23NO4/c1-10-7-12(20-14(10)15(18)19-3)9-16(2)8-11-5-4-6-13(11)17/h7,11,13,17H,4-6,8-9H2,1-3H3. The van der Waals surface area contributed by atoms with Crippen LogP contribution in [0.25, 0.3) is 0 Å². The minimum atomic E-state index is -0.442. The first-order chi connectivity index (χ1) is 9.51. The van der Waals surface area contributed by atoms with Crippen LogP contribution in [0, 0.1) is 12.8 Å². The van der Waals surface area contributed by atoms with E-state index in [4.69, 9.17) is 4.42 Å². The number of ether oxygens (including phenoxy) is 1. The predicted octanol–water partition coefficient (Wildman–Crippen LogP) is 1.97. The monoisotopic (exact) mass is 281 g/mol. The van der Waals surface area contributed by atoms with Crippen molar-refractivity contribution in [3.63, 3.8) is 0 Å². The van der Waals surface area contributed by atoms with Gasteiger partial charge in [-0.3, -0.25) is 4.90 Å². The molecule has 1 N–H and O–H groups in total.